The van der Waals surface area contributed by atoms with Crippen molar-refractivity contribution in [2.24, 2.45) is 0 Å². The minimum Gasteiger partial charge on any atom is -0.360 e. The van der Waals surface area contributed by atoms with E-state index in [2.05, 4.69) is 30.5 Å². The molecule has 0 radical (unpaired) electrons. The summed E-state index contributed by atoms with van der Waals surface area (Å²) < 4.78 is 14.2. The van der Waals surface area contributed by atoms with Crippen molar-refractivity contribution in [3.05, 3.63) is 35.4 Å². The topological polar surface area (TPSA) is 66.0 Å². The third-order valence-electron chi connectivity index (χ3n) is 4.28. The Kier molecular flexibility index (Phi) is 5.14. The predicted molar refractivity (Wildman–Crippen MR) is 104 cm³/mol. The highest BCUT2D eigenvalue weighted by molar-refractivity contribution is 7.22. The summed E-state index contributed by atoms with van der Waals surface area (Å²) >= 11 is 7.34. The second-order valence-corrected chi connectivity index (χ2v) is 7.53. The van der Waals surface area contributed by atoms with Crippen LogP contribution in [0.5, 0.6) is 0 Å². The molecule has 1 aromatic carbocycles. The maximum Gasteiger partial charge on any atom is 0.185 e. The molecule has 0 amide bonds. The molecule has 136 valence electrons. The zero-order valence-corrected chi connectivity index (χ0v) is 15.6. The average molecular weight is 393 g/mol. The van der Waals surface area contributed by atoms with Crippen LogP contribution in [0.2, 0.25) is 5.02 Å². The van der Waals surface area contributed by atoms with Gasteiger partial charge in [0.2, 0.25) is 0 Å². The number of fused-ring (bicyclic) bond motifs is 1. The number of rotatable bonds is 6. The predicted octanol–water partition coefficient (Wildman–Crippen LogP) is 4.13. The summed E-state index contributed by atoms with van der Waals surface area (Å²) in [5.74, 6) is 0.176. The molecule has 0 bridgehead atoms. The molecule has 3 heterocycles. The molecule has 26 heavy (non-hydrogen) atoms. The molecule has 0 spiro atoms. The number of nitrogens with zero attached hydrogens (tertiary/aromatic N) is 4. The summed E-state index contributed by atoms with van der Waals surface area (Å²) in [6, 6.07) is 4.47. The summed E-state index contributed by atoms with van der Waals surface area (Å²) in [5, 5.41) is 7.41. The van der Waals surface area contributed by atoms with Crippen LogP contribution in [0.15, 0.2) is 24.5 Å². The van der Waals surface area contributed by atoms with Crippen LogP contribution in [0.3, 0.4) is 0 Å². The monoisotopic (exact) mass is 392 g/mol. The summed E-state index contributed by atoms with van der Waals surface area (Å²) in [6.45, 7) is 4.23. The first-order chi connectivity index (χ1) is 12.7. The van der Waals surface area contributed by atoms with Gasteiger partial charge in [-0.05, 0) is 44.1 Å². The quantitative estimate of drug-likeness (QED) is 0.657. The minimum absolute atomic E-state index is 0.0638. The third-order valence-corrected chi connectivity index (χ3v) is 5.58. The highest BCUT2D eigenvalue weighted by Gasteiger charge is 2.13. The molecule has 0 saturated carbocycles. The fourth-order valence-electron chi connectivity index (χ4n) is 2.96. The highest BCUT2D eigenvalue weighted by Crippen LogP contribution is 2.31. The van der Waals surface area contributed by atoms with Gasteiger partial charge >= 0.3 is 0 Å². The van der Waals surface area contributed by atoms with Gasteiger partial charge in [-0.25, -0.2) is 14.4 Å². The van der Waals surface area contributed by atoms with E-state index in [4.69, 9.17) is 11.6 Å². The van der Waals surface area contributed by atoms with Crippen LogP contribution in [0.4, 0.5) is 21.0 Å². The lowest BCUT2D eigenvalue weighted by Gasteiger charge is -2.13. The molecular formula is C17H18ClFN6S. The number of hydrogen-bond donors (Lipinski definition) is 2. The van der Waals surface area contributed by atoms with Crippen LogP contribution in [0.25, 0.3) is 10.3 Å². The molecule has 2 N–H and O–H groups in total. The van der Waals surface area contributed by atoms with Crippen LogP contribution >= 0.6 is 22.9 Å². The normalized spacial score (nSPS) is 14.8. The summed E-state index contributed by atoms with van der Waals surface area (Å²) in [5.41, 5.74) is 1.29. The van der Waals surface area contributed by atoms with E-state index in [9.17, 15) is 4.39 Å². The van der Waals surface area contributed by atoms with Gasteiger partial charge in [0.15, 0.2) is 16.6 Å². The van der Waals surface area contributed by atoms with Crippen molar-refractivity contribution in [1.82, 2.24) is 19.9 Å². The molecule has 0 aliphatic carbocycles. The molecule has 4 rings (SSSR count). The maximum absolute atomic E-state index is 13.3. The first-order valence-corrected chi connectivity index (χ1v) is 9.68. The molecule has 1 saturated heterocycles. The van der Waals surface area contributed by atoms with Crippen LogP contribution in [-0.2, 0) is 0 Å². The van der Waals surface area contributed by atoms with Crippen LogP contribution < -0.4 is 10.6 Å². The lowest BCUT2D eigenvalue weighted by molar-refractivity contribution is 0.352. The molecule has 1 aliphatic rings. The van der Waals surface area contributed by atoms with Gasteiger partial charge in [-0.15, -0.1) is 0 Å². The Morgan fingerprint density at radius 1 is 1.23 bits per heavy atom. The van der Waals surface area contributed by atoms with E-state index < -0.39 is 5.82 Å². The van der Waals surface area contributed by atoms with Gasteiger partial charge in [0.05, 0.1) is 5.02 Å². The van der Waals surface area contributed by atoms with Gasteiger partial charge in [-0.2, -0.15) is 4.98 Å². The Bertz CT molecular complexity index is 911. The molecule has 0 unspecified atom stereocenters. The number of thiazole rings is 1. The number of nitrogens with one attached hydrogen (secondary N) is 2. The van der Waals surface area contributed by atoms with Crippen molar-refractivity contribution in [2.75, 3.05) is 36.8 Å². The van der Waals surface area contributed by atoms with E-state index in [-0.39, 0.29) is 5.02 Å². The molecule has 3 aromatic rings. The van der Waals surface area contributed by atoms with E-state index in [0.29, 0.717) is 17.2 Å². The molecule has 2 aromatic heterocycles. The van der Waals surface area contributed by atoms with Crippen molar-refractivity contribution >= 4 is 49.9 Å². The van der Waals surface area contributed by atoms with E-state index in [1.807, 2.05) is 0 Å². The maximum atomic E-state index is 13.3. The molecule has 6 nitrogen and oxygen atoms in total. The Hall–Kier alpha value is -2.03. The minimum atomic E-state index is -0.452. The lowest BCUT2D eigenvalue weighted by Crippen LogP contribution is -2.25. The molecule has 0 atom stereocenters. The summed E-state index contributed by atoms with van der Waals surface area (Å²) in [6.07, 6.45) is 4.04. The van der Waals surface area contributed by atoms with Gasteiger partial charge in [-0.1, -0.05) is 22.9 Å². The number of likely N-dealkylation sites (tertiary alicyclic amines) is 1. The molecular weight excluding hydrogens is 375 g/mol. The van der Waals surface area contributed by atoms with Crippen molar-refractivity contribution in [2.45, 2.75) is 12.8 Å². The first-order valence-electron chi connectivity index (χ1n) is 8.49. The average Bonchev–Trinajstić information content (AvgIpc) is 3.28. The number of halogens is 2. The van der Waals surface area contributed by atoms with Crippen LogP contribution in [-0.4, -0.2) is 46.0 Å². The number of aromatic nitrogens is 3. The van der Waals surface area contributed by atoms with Gasteiger partial charge in [0.1, 0.15) is 16.8 Å². The summed E-state index contributed by atoms with van der Waals surface area (Å²) in [7, 11) is 0. The van der Waals surface area contributed by atoms with Gasteiger partial charge in [0.25, 0.3) is 0 Å². The zero-order chi connectivity index (χ0) is 17.9. The molecule has 1 fully saturated rings. The van der Waals surface area contributed by atoms with Crippen molar-refractivity contribution in [1.29, 1.82) is 0 Å². The number of anilines is 3. The van der Waals surface area contributed by atoms with E-state index in [1.54, 1.807) is 6.07 Å². The second kappa shape index (κ2) is 7.69. The second-order valence-electron chi connectivity index (χ2n) is 6.12. The number of benzene rings is 1. The van der Waals surface area contributed by atoms with Gasteiger partial charge < -0.3 is 15.5 Å². The fourth-order valence-corrected chi connectivity index (χ4v) is 4.03. The SMILES string of the molecule is Fc1ccc(Nc2ncnc3nc(NCCN4CCCC4)sc23)cc1Cl. The Morgan fingerprint density at radius 2 is 2.08 bits per heavy atom. The largest absolute Gasteiger partial charge is 0.360 e. The standard InChI is InChI=1S/C17H18ClFN6S/c18-12-9-11(3-4-13(12)19)23-15-14-16(22-10-21-15)24-17(26-14)20-5-8-25-6-1-2-7-25/h3-4,9-10H,1-2,5-8H2,(H2,20,21,22,23,24). The van der Waals surface area contributed by atoms with Crippen molar-refractivity contribution in [3.8, 4) is 0 Å². The Morgan fingerprint density at radius 3 is 2.88 bits per heavy atom. The van der Waals surface area contributed by atoms with E-state index >= 15 is 0 Å². The molecule has 9 heteroatoms. The zero-order valence-electron chi connectivity index (χ0n) is 14.0. The van der Waals surface area contributed by atoms with Gasteiger partial charge in [0, 0.05) is 18.8 Å². The smallest absolute Gasteiger partial charge is 0.185 e. The van der Waals surface area contributed by atoms with Crippen LogP contribution in [0.1, 0.15) is 12.8 Å². The lowest BCUT2D eigenvalue weighted by atomic mass is 10.3. The van der Waals surface area contributed by atoms with E-state index in [1.165, 1.54) is 55.7 Å². The van der Waals surface area contributed by atoms with Crippen molar-refractivity contribution < 1.29 is 4.39 Å². The molecule has 1 aliphatic heterocycles. The van der Waals surface area contributed by atoms with Gasteiger partial charge in [-0.3, -0.25) is 0 Å². The number of hydrogen-bond acceptors (Lipinski definition) is 7. The third kappa shape index (κ3) is 3.87. The van der Waals surface area contributed by atoms with Crippen LogP contribution in [0, 0.1) is 5.82 Å². The van der Waals surface area contributed by atoms with E-state index in [0.717, 1.165) is 22.9 Å². The Balaban J connectivity index is 1.48. The van der Waals surface area contributed by atoms with Crippen molar-refractivity contribution in [3.63, 3.8) is 0 Å². The summed E-state index contributed by atoms with van der Waals surface area (Å²) in [4.78, 5) is 15.5. The fraction of sp³-hybridized carbons (Fsp3) is 0.353. The Labute approximate surface area is 159 Å². The highest BCUT2D eigenvalue weighted by atomic mass is 35.5. The first kappa shape index (κ1) is 17.4.